The Labute approximate surface area is 153 Å². The van der Waals surface area contributed by atoms with Crippen LogP contribution in [0.4, 0.5) is 11.8 Å². The molecule has 7 nitrogen and oxygen atoms in total. The second-order valence-electron chi connectivity index (χ2n) is 7.06. The summed E-state index contributed by atoms with van der Waals surface area (Å²) in [6.07, 6.45) is 0.689. The van der Waals surface area contributed by atoms with Gasteiger partial charge in [-0.05, 0) is 31.0 Å². The van der Waals surface area contributed by atoms with Crippen LogP contribution in [0.1, 0.15) is 27.2 Å². The Kier molecular flexibility index (Phi) is 4.71. The van der Waals surface area contributed by atoms with Crippen molar-refractivity contribution in [1.82, 2.24) is 14.9 Å². The second kappa shape index (κ2) is 6.82. The maximum Gasteiger partial charge on any atom is 0.257 e. The summed E-state index contributed by atoms with van der Waals surface area (Å²) in [4.78, 5) is 27.7. The van der Waals surface area contributed by atoms with Gasteiger partial charge >= 0.3 is 0 Å². The molecule has 0 saturated carbocycles. The van der Waals surface area contributed by atoms with Gasteiger partial charge < -0.3 is 19.8 Å². The Balaban J connectivity index is 1.94. The predicted molar refractivity (Wildman–Crippen MR) is 102 cm³/mol. The molecule has 26 heavy (non-hydrogen) atoms. The van der Waals surface area contributed by atoms with Gasteiger partial charge in [0.25, 0.3) is 5.91 Å². The summed E-state index contributed by atoms with van der Waals surface area (Å²) in [6, 6.07) is 5.13. The largest absolute Gasteiger partial charge is 0.507 e. The summed E-state index contributed by atoms with van der Waals surface area (Å²) >= 11 is 0. The van der Waals surface area contributed by atoms with E-state index >= 15 is 0 Å². The van der Waals surface area contributed by atoms with E-state index in [1.807, 2.05) is 51.0 Å². The molecule has 0 aliphatic carbocycles. The minimum absolute atomic E-state index is 0.0199. The molecule has 0 radical (unpaired) electrons. The number of fused-ring (bicyclic) bond motifs is 1. The molecule has 1 amide bonds. The van der Waals surface area contributed by atoms with E-state index in [9.17, 15) is 9.90 Å². The number of phenols is 1. The van der Waals surface area contributed by atoms with Crippen molar-refractivity contribution in [1.29, 1.82) is 0 Å². The van der Waals surface area contributed by atoms with Crippen molar-refractivity contribution in [3.63, 3.8) is 0 Å². The van der Waals surface area contributed by atoms with Crippen LogP contribution >= 0.6 is 0 Å². The molecular weight excluding hydrogens is 330 g/mol. The van der Waals surface area contributed by atoms with Crippen LogP contribution < -0.4 is 9.80 Å². The maximum absolute atomic E-state index is 12.9. The molecule has 2 heterocycles. The van der Waals surface area contributed by atoms with Crippen LogP contribution in [-0.2, 0) is 13.0 Å². The zero-order chi connectivity index (χ0) is 19.0. The molecule has 0 bridgehead atoms. The third-order valence-electron chi connectivity index (χ3n) is 4.53. The number of carbonyl (C=O) groups is 1. The van der Waals surface area contributed by atoms with Crippen molar-refractivity contribution in [2.75, 3.05) is 44.5 Å². The van der Waals surface area contributed by atoms with E-state index in [2.05, 4.69) is 9.97 Å². The first kappa shape index (κ1) is 18.0. The summed E-state index contributed by atoms with van der Waals surface area (Å²) in [5.74, 6) is 1.36. The first-order valence-corrected chi connectivity index (χ1v) is 8.61. The van der Waals surface area contributed by atoms with Crippen molar-refractivity contribution in [2.24, 2.45) is 0 Å². The Morgan fingerprint density at radius 2 is 1.88 bits per heavy atom. The molecule has 1 aliphatic rings. The van der Waals surface area contributed by atoms with E-state index in [1.165, 1.54) is 0 Å². The number of phenolic OH excluding ortho intramolecular Hbond substituents is 1. The fourth-order valence-corrected chi connectivity index (χ4v) is 3.13. The van der Waals surface area contributed by atoms with Gasteiger partial charge in [0.15, 0.2) is 0 Å². The van der Waals surface area contributed by atoms with Crippen molar-refractivity contribution < 1.29 is 9.90 Å². The number of amides is 1. The van der Waals surface area contributed by atoms with E-state index in [0.29, 0.717) is 31.0 Å². The number of rotatable bonds is 3. The van der Waals surface area contributed by atoms with Crippen LogP contribution in [0, 0.1) is 6.92 Å². The lowest BCUT2D eigenvalue weighted by molar-refractivity contribution is 0.0729. The van der Waals surface area contributed by atoms with Crippen LogP contribution in [0.3, 0.4) is 0 Å². The average molecular weight is 355 g/mol. The molecular formula is C19H25N5O2. The Morgan fingerprint density at radius 1 is 1.15 bits per heavy atom. The average Bonchev–Trinajstić information content (AvgIpc) is 2.59. The summed E-state index contributed by atoms with van der Waals surface area (Å²) in [7, 11) is 7.72. The number of aromatic nitrogens is 2. The van der Waals surface area contributed by atoms with Gasteiger partial charge in [-0.15, -0.1) is 0 Å². The number of carbonyl (C=O) groups excluding carboxylic acids is 1. The van der Waals surface area contributed by atoms with E-state index < -0.39 is 0 Å². The molecule has 1 aromatic heterocycles. The molecule has 0 fully saturated rings. The zero-order valence-corrected chi connectivity index (χ0v) is 15.9. The summed E-state index contributed by atoms with van der Waals surface area (Å²) < 4.78 is 0. The highest BCUT2D eigenvalue weighted by atomic mass is 16.3. The molecule has 3 rings (SSSR count). The third kappa shape index (κ3) is 3.29. The highest BCUT2D eigenvalue weighted by Crippen LogP contribution is 2.29. The normalized spacial score (nSPS) is 13.3. The standard InChI is InChI=1S/C19H25N5O2/c1-12-6-7-14(16(25)10-12)18(26)24-9-8-13-15(11-24)20-19(23(4)5)21-17(13)22(2)3/h6-7,10,25H,8-9,11H2,1-5H3. The number of nitrogens with zero attached hydrogens (tertiary/aromatic N) is 5. The van der Waals surface area contributed by atoms with Crippen molar-refractivity contribution in [2.45, 2.75) is 19.9 Å². The Bertz CT molecular complexity index is 848. The number of anilines is 2. The molecule has 1 N–H and O–H groups in total. The fourth-order valence-electron chi connectivity index (χ4n) is 3.13. The monoisotopic (exact) mass is 355 g/mol. The number of aryl methyl sites for hydroxylation is 1. The highest BCUT2D eigenvalue weighted by Gasteiger charge is 2.28. The second-order valence-corrected chi connectivity index (χ2v) is 7.06. The van der Waals surface area contributed by atoms with E-state index in [0.717, 1.165) is 22.6 Å². The molecule has 1 aromatic carbocycles. The zero-order valence-electron chi connectivity index (χ0n) is 15.9. The first-order valence-electron chi connectivity index (χ1n) is 8.61. The maximum atomic E-state index is 12.9. The summed E-state index contributed by atoms with van der Waals surface area (Å²) in [6.45, 7) is 2.87. The minimum atomic E-state index is -0.176. The van der Waals surface area contributed by atoms with Gasteiger partial charge in [0, 0.05) is 40.3 Å². The van der Waals surface area contributed by atoms with Gasteiger partial charge in [0.05, 0.1) is 17.8 Å². The number of hydrogen-bond donors (Lipinski definition) is 1. The lowest BCUT2D eigenvalue weighted by Crippen LogP contribution is -2.37. The number of benzene rings is 1. The molecule has 0 unspecified atom stereocenters. The highest BCUT2D eigenvalue weighted by molar-refractivity contribution is 5.97. The van der Waals surface area contributed by atoms with E-state index in [4.69, 9.17) is 0 Å². The lowest BCUT2D eigenvalue weighted by atomic mass is 10.0. The minimum Gasteiger partial charge on any atom is -0.507 e. The van der Waals surface area contributed by atoms with Gasteiger partial charge in [-0.25, -0.2) is 4.98 Å². The topological polar surface area (TPSA) is 72.8 Å². The van der Waals surface area contributed by atoms with Gasteiger partial charge in [0.1, 0.15) is 11.6 Å². The molecule has 0 spiro atoms. The smallest absolute Gasteiger partial charge is 0.257 e. The predicted octanol–water partition coefficient (Wildman–Crippen LogP) is 1.82. The van der Waals surface area contributed by atoms with Crippen LogP contribution in [0.15, 0.2) is 18.2 Å². The number of aromatic hydroxyl groups is 1. The van der Waals surface area contributed by atoms with Crippen LogP contribution in [-0.4, -0.2) is 60.6 Å². The van der Waals surface area contributed by atoms with Crippen molar-refractivity contribution in [3.05, 3.63) is 40.6 Å². The molecule has 0 atom stereocenters. The van der Waals surface area contributed by atoms with Crippen molar-refractivity contribution >= 4 is 17.7 Å². The Hall–Kier alpha value is -2.83. The van der Waals surface area contributed by atoms with Crippen molar-refractivity contribution in [3.8, 4) is 5.75 Å². The molecule has 138 valence electrons. The lowest BCUT2D eigenvalue weighted by Gasteiger charge is -2.31. The SMILES string of the molecule is Cc1ccc(C(=O)N2CCc3c(nc(N(C)C)nc3N(C)C)C2)c(O)c1. The quantitative estimate of drug-likeness (QED) is 0.905. The molecule has 1 aliphatic heterocycles. The number of hydrogen-bond acceptors (Lipinski definition) is 6. The van der Waals surface area contributed by atoms with E-state index in [-0.39, 0.29) is 11.7 Å². The van der Waals surface area contributed by atoms with Gasteiger partial charge in [-0.2, -0.15) is 4.98 Å². The van der Waals surface area contributed by atoms with Gasteiger partial charge in [-0.1, -0.05) is 6.07 Å². The van der Waals surface area contributed by atoms with Gasteiger partial charge in [-0.3, -0.25) is 4.79 Å². The van der Waals surface area contributed by atoms with Crippen LogP contribution in [0.2, 0.25) is 0 Å². The fraction of sp³-hybridized carbons (Fsp3) is 0.421. The molecule has 2 aromatic rings. The summed E-state index contributed by atoms with van der Waals surface area (Å²) in [5.41, 5.74) is 3.19. The van der Waals surface area contributed by atoms with E-state index in [1.54, 1.807) is 17.0 Å². The van der Waals surface area contributed by atoms with Crippen LogP contribution in [0.5, 0.6) is 5.75 Å². The molecule has 0 saturated heterocycles. The van der Waals surface area contributed by atoms with Crippen LogP contribution in [0.25, 0.3) is 0 Å². The first-order chi connectivity index (χ1) is 12.3. The molecule has 7 heteroatoms. The summed E-state index contributed by atoms with van der Waals surface area (Å²) in [5, 5.41) is 10.1. The third-order valence-corrected chi connectivity index (χ3v) is 4.53. The van der Waals surface area contributed by atoms with Gasteiger partial charge in [0.2, 0.25) is 5.95 Å². The Morgan fingerprint density at radius 3 is 2.50 bits per heavy atom.